The van der Waals surface area contributed by atoms with Crippen LogP contribution in [0.15, 0.2) is 12.3 Å². The molecule has 25 heavy (non-hydrogen) atoms. The number of carbonyl (C=O) groups excluding carboxylic acids is 1. The summed E-state index contributed by atoms with van der Waals surface area (Å²) >= 11 is 5.13. The maximum absolute atomic E-state index is 13.4. The molecular formula is C17H24F3N3OS. The van der Waals surface area contributed by atoms with Crippen molar-refractivity contribution in [3.05, 3.63) is 28.0 Å². The van der Waals surface area contributed by atoms with E-state index in [4.69, 9.17) is 18.0 Å². The standard InChI is InChI=1S/C17H24F3N3OS/c1-11(2)8-14(16(21)24)23-10-12(4-7-22-5-3-6-22)13(9-15(23)25)17(18,19)20/h9-11,14H,3-8H2,1-2H3,(H2,21,24). The Morgan fingerprint density at radius 2 is 2.00 bits per heavy atom. The quantitative estimate of drug-likeness (QED) is 0.742. The number of rotatable bonds is 7. The lowest BCUT2D eigenvalue weighted by Gasteiger charge is -2.31. The zero-order valence-electron chi connectivity index (χ0n) is 14.5. The lowest BCUT2D eigenvalue weighted by atomic mass is 10.0. The number of pyridine rings is 1. The van der Waals surface area contributed by atoms with Gasteiger partial charge in [0.2, 0.25) is 5.91 Å². The van der Waals surface area contributed by atoms with E-state index in [2.05, 4.69) is 4.90 Å². The number of likely N-dealkylation sites (tertiary alicyclic amines) is 1. The lowest BCUT2D eigenvalue weighted by molar-refractivity contribution is -0.138. The SMILES string of the molecule is CC(C)CC(C(N)=O)n1cc(CCN2CCC2)c(C(F)(F)F)cc1=S. The number of nitrogens with zero attached hydrogens (tertiary/aromatic N) is 2. The fourth-order valence-corrected chi connectivity index (χ4v) is 3.29. The fourth-order valence-electron chi connectivity index (χ4n) is 3.00. The Kier molecular flexibility index (Phi) is 6.26. The lowest BCUT2D eigenvalue weighted by Crippen LogP contribution is -2.38. The molecule has 1 unspecified atom stereocenters. The number of amides is 1. The van der Waals surface area contributed by atoms with Gasteiger partial charge in [-0.3, -0.25) is 4.79 Å². The van der Waals surface area contributed by atoms with E-state index in [-0.39, 0.29) is 22.5 Å². The smallest absolute Gasteiger partial charge is 0.368 e. The van der Waals surface area contributed by atoms with Crippen molar-refractivity contribution in [3.63, 3.8) is 0 Å². The molecule has 0 aliphatic carbocycles. The normalized spacial score (nSPS) is 16.7. The van der Waals surface area contributed by atoms with Gasteiger partial charge in [0.1, 0.15) is 10.7 Å². The summed E-state index contributed by atoms with van der Waals surface area (Å²) in [5, 5.41) is 0. The Bertz CT molecular complexity index is 681. The number of hydrogen-bond acceptors (Lipinski definition) is 3. The summed E-state index contributed by atoms with van der Waals surface area (Å²) in [4.78, 5) is 13.9. The first-order chi connectivity index (χ1) is 11.6. The molecule has 0 radical (unpaired) electrons. The largest absolute Gasteiger partial charge is 0.416 e. The average molecular weight is 375 g/mol. The minimum absolute atomic E-state index is 0.0236. The van der Waals surface area contributed by atoms with Gasteiger partial charge in [0.05, 0.1) is 5.56 Å². The Labute approximate surface area is 150 Å². The summed E-state index contributed by atoms with van der Waals surface area (Å²) < 4.78 is 41.6. The maximum Gasteiger partial charge on any atom is 0.416 e. The number of primary amides is 1. The van der Waals surface area contributed by atoms with Crippen molar-refractivity contribution >= 4 is 18.1 Å². The van der Waals surface area contributed by atoms with Crippen molar-refractivity contribution in [2.45, 2.75) is 45.3 Å². The van der Waals surface area contributed by atoms with Crippen LogP contribution in [-0.2, 0) is 17.4 Å². The molecule has 4 nitrogen and oxygen atoms in total. The van der Waals surface area contributed by atoms with Crippen LogP contribution in [0.25, 0.3) is 0 Å². The van der Waals surface area contributed by atoms with Crippen LogP contribution in [0.2, 0.25) is 0 Å². The molecule has 0 aromatic carbocycles. The van der Waals surface area contributed by atoms with Crippen LogP contribution in [0.4, 0.5) is 13.2 Å². The van der Waals surface area contributed by atoms with Crippen LogP contribution in [0.1, 0.15) is 43.9 Å². The predicted octanol–water partition coefficient (Wildman–Crippen LogP) is 3.56. The van der Waals surface area contributed by atoms with Crippen molar-refractivity contribution in [1.29, 1.82) is 0 Å². The van der Waals surface area contributed by atoms with Gasteiger partial charge in [0.15, 0.2) is 0 Å². The van der Waals surface area contributed by atoms with E-state index in [9.17, 15) is 18.0 Å². The third-order valence-electron chi connectivity index (χ3n) is 4.47. The van der Waals surface area contributed by atoms with Crippen LogP contribution < -0.4 is 5.73 Å². The first kappa shape index (κ1) is 19.9. The molecule has 2 rings (SSSR count). The number of hydrogen-bond donors (Lipinski definition) is 1. The summed E-state index contributed by atoms with van der Waals surface area (Å²) in [5.41, 5.74) is 4.91. The first-order valence-corrected chi connectivity index (χ1v) is 8.84. The van der Waals surface area contributed by atoms with Crippen molar-refractivity contribution < 1.29 is 18.0 Å². The summed E-state index contributed by atoms with van der Waals surface area (Å²) in [6, 6.07) is 0.217. The zero-order chi connectivity index (χ0) is 18.8. The highest BCUT2D eigenvalue weighted by atomic mass is 32.1. The molecule has 0 spiro atoms. The summed E-state index contributed by atoms with van der Waals surface area (Å²) in [6.07, 6.45) is -1.33. The van der Waals surface area contributed by atoms with E-state index >= 15 is 0 Å². The third-order valence-corrected chi connectivity index (χ3v) is 4.80. The van der Waals surface area contributed by atoms with Gasteiger partial charge in [-0.1, -0.05) is 26.1 Å². The highest BCUT2D eigenvalue weighted by Crippen LogP contribution is 2.33. The highest BCUT2D eigenvalue weighted by Gasteiger charge is 2.34. The zero-order valence-corrected chi connectivity index (χ0v) is 15.3. The summed E-state index contributed by atoms with van der Waals surface area (Å²) in [7, 11) is 0. The average Bonchev–Trinajstić information content (AvgIpc) is 2.43. The molecule has 0 saturated carbocycles. The molecule has 1 aromatic rings. The maximum atomic E-state index is 13.4. The molecule has 1 amide bonds. The van der Waals surface area contributed by atoms with Crippen LogP contribution >= 0.6 is 12.2 Å². The Morgan fingerprint density at radius 3 is 2.44 bits per heavy atom. The third kappa shape index (κ3) is 5.04. The molecule has 2 N–H and O–H groups in total. The molecule has 1 saturated heterocycles. The minimum Gasteiger partial charge on any atom is -0.368 e. The Balaban J connectivity index is 2.42. The number of alkyl halides is 3. The molecule has 1 aromatic heterocycles. The summed E-state index contributed by atoms with van der Waals surface area (Å²) in [5.74, 6) is -0.426. The van der Waals surface area contributed by atoms with Gasteiger partial charge in [-0.05, 0) is 49.9 Å². The minimum atomic E-state index is -4.48. The molecule has 1 atom stereocenters. The molecule has 2 heterocycles. The van der Waals surface area contributed by atoms with E-state index in [0.717, 1.165) is 25.6 Å². The summed E-state index contributed by atoms with van der Waals surface area (Å²) in [6.45, 7) is 6.24. The van der Waals surface area contributed by atoms with Crippen LogP contribution in [-0.4, -0.2) is 35.0 Å². The van der Waals surface area contributed by atoms with E-state index in [1.165, 1.54) is 10.8 Å². The van der Waals surface area contributed by atoms with Crippen LogP contribution in [0, 0.1) is 10.6 Å². The molecule has 8 heteroatoms. The van der Waals surface area contributed by atoms with Gasteiger partial charge in [-0.25, -0.2) is 0 Å². The van der Waals surface area contributed by atoms with E-state index in [0.29, 0.717) is 13.0 Å². The second-order valence-electron chi connectivity index (χ2n) is 6.95. The van der Waals surface area contributed by atoms with E-state index in [1.807, 2.05) is 13.8 Å². The van der Waals surface area contributed by atoms with E-state index < -0.39 is 23.7 Å². The molecule has 1 fully saturated rings. The van der Waals surface area contributed by atoms with Gasteiger partial charge < -0.3 is 15.2 Å². The highest BCUT2D eigenvalue weighted by molar-refractivity contribution is 7.71. The molecule has 1 aliphatic heterocycles. The predicted molar refractivity (Wildman–Crippen MR) is 92.7 cm³/mol. The fraction of sp³-hybridized carbons (Fsp3) is 0.647. The number of halogens is 3. The Hall–Kier alpha value is -1.41. The van der Waals surface area contributed by atoms with Crippen LogP contribution in [0.3, 0.4) is 0 Å². The monoisotopic (exact) mass is 375 g/mol. The molecular weight excluding hydrogens is 351 g/mol. The molecule has 1 aliphatic rings. The number of nitrogens with two attached hydrogens (primary N) is 1. The van der Waals surface area contributed by atoms with Gasteiger partial charge in [0.25, 0.3) is 0 Å². The van der Waals surface area contributed by atoms with Crippen LogP contribution in [0.5, 0.6) is 0 Å². The second-order valence-corrected chi connectivity index (χ2v) is 7.37. The van der Waals surface area contributed by atoms with Gasteiger partial charge in [-0.15, -0.1) is 0 Å². The topological polar surface area (TPSA) is 51.3 Å². The van der Waals surface area contributed by atoms with Crippen molar-refractivity contribution in [2.24, 2.45) is 11.7 Å². The van der Waals surface area contributed by atoms with Crippen molar-refractivity contribution in [3.8, 4) is 0 Å². The molecule has 0 bridgehead atoms. The number of carbonyl (C=O) groups is 1. The van der Waals surface area contributed by atoms with Gasteiger partial charge in [0, 0.05) is 12.7 Å². The number of aromatic nitrogens is 1. The van der Waals surface area contributed by atoms with Crippen molar-refractivity contribution in [1.82, 2.24) is 9.47 Å². The molecule has 140 valence electrons. The Morgan fingerprint density at radius 1 is 1.36 bits per heavy atom. The van der Waals surface area contributed by atoms with Crippen molar-refractivity contribution in [2.75, 3.05) is 19.6 Å². The first-order valence-electron chi connectivity index (χ1n) is 8.43. The van der Waals surface area contributed by atoms with E-state index in [1.54, 1.807) is 0 Å². The van der Waals surface area contributed by atoms with Gasteiger partial charge >= 0.3 is 6.18 Å². The second kappa shape index (κ2) is 7.86. The van der Waals surface area contributed by atoms with Gasteiger partial charge in [-0.2, -0.15) is 13.2 Å².